The van der Waals surface area contributed by atoms with Gasteiger partial charge < -0.3 is 10.3 Å². The number of benzene rings is 2. The monoisotopic (exact) mass is 477 g/mol. The van der Waals surface area contributed by atoms with Gasteiger partial charge in [0.05, 0.1) is 18.4 Å². The molecule has 0 aliphatic carbocycles. The quantitative estimate of drug-likeness (QED) is 0.345. The highest BCUT2D eigenvalue weighted by Crippen LogP contribution is 2.21. The Bertz CT molecular complexity index is 1510. The Kier molecular flexibility index (Phi) is 6.71. The highest BCUT2D eigenvalue weighted by molar-refractivity contribution is 5.80. The normalized spacial score (nSPS) is 11.9. The molecular formula is C29H27N5O2. The van der Waals surface area contributed by atoms with Crippen LogP contribution in [-0.2, 0) is 24.3 Å². The van der Waals surface area contributed by atoms with Gasteiger partial charge in [0.2, 0.25) is 5.91 Å². The van der Waals surface area contributed by atoms with Gasteiger partial charge in [0.1, 0.15) is 12.2 Å². The summed E-state index contributed by atoms with van der Waals surface area (Å²) in [5.74, 6) is -0.132. The van der Waals surface area contributed by atoms with Crippen molar-refractivity contribution in [3.63, 3.8) is 0 Å². The number of hydrogen-bond donors (Lipinski definition) is 2. The maximum atomic E-state index is 13.6. The number of amides is 1. The lowest BCUT2D eigenvalue weighted by Gasteiger charge is -2.16. The molecule has 7 nitrogen and oxygen atoms in total. The van der Waals surface area contributed by atoms with Crippen molar-refractivity contribution in [3.8, 4) is 11.3 Å². The molecule has 0 aliphatic heterocycles. The van der Waals surface area contributed by atoms with Gasteiger partial charge in [-0.1, -0.05) is 67.6 Å². The van der Waals surface area contributed by atoms with Crippen LogP contribution in [0.5, 0.6) is 0 Å². The molecule has 0 unspecified atom stereocenters. The fourth-order valence-corrected chi connectivity index (χ4v) is 4.38. The molecule has 7 heteroatoms. The van der Waals surface area contributed by atoms with Crippen molar-refractivity contribution in [2.45, 2.75) is 32.4 Å². The van der Waals surface area contributed by atoms with Crippen LogP contribution in [0.3, 0.4) is 0 Å². The Morgan fingerprint density at radius 2 is 1.78 bits per heavy atom. The molecule has 5 aromatic rings. The standard InChI is InChI=1S/C29H27N5O2/c1-20(21-8-4-2-5-9-21)14-26-29(36)34(27(18-31-26)22-10-6-3-7-11-22)19-28(35)32-17-24-15-23-16-30-13-12-25(23)33-24/h2-13,15-16,18,20,33H,14,17,19H2,1H3,(H,32,35)/t20-/m1/s1. The van der Waals surface area contributed by atoms with Gasteiger partial charge in [-0.2, -0.15) is 0 Å². The molecule has 0 spiro atoms. The van der Waals surface area contributed by atoms with E-state index in [0.29, 0.717) is 24.4 Å². The summed E-state index contributed by atoms with van der Waals surface area (Å²) >= 11 is 0. The zero-order valence-corrected chi connectivity index (χ0v) is 20.0. The number of nitrogens with zero attached hydrogens (tertiary/aromatic N) is 3. The molecule has 3 heterocycles. The second-order valence-corrected chi connectivity index (χ2v) is 8.90. The summed E-state index contributed by atoms with van der Waals surface area (Å²) in [4.78, 5) is 38.5. The van der Waals surface area contributed by atoms with Crippen molar-refractivity contribution in [2.24, 2.45) is 0 Å². The summed E-state index contributed by atoms with van der Waals surface area (Å²) in [5, 5.41) is 3.91. The van der Waals surface area contributed by atoms with Crippen LogP contribution in [0.1, 0.15) is 29.8 Å². The molecular weight excluding hydrogens is 450 g/mol. The van der Waals surface area contributed by atoms with E-state index in [1.165, 1.54) is 4.57 Å². The number of fused-ring (bicyclic) bond motifs is 1. The first-order valence-corrected chi connectivity index (χ1v) is 12.0. The summed E-state index contributed by atoms with van der Waals surface area (Å²) < 4.78 is 1.53. The number of carbonyl (C=O) groups excluding carboxylic acids is 1. The Morgan fingerprint density at radius 3 is 2.53 bits per heavy atom. The lowest BCUT2D eigenvalue weighted by atomic mass is 9.96. The Labute approximate surface area is 208 Å². The van der Waals surface area contributed by atoms with Crippen molar-refractivity contribution in [3.05, 3.63) is 119 Å². The van der Waals surface area contributed by atoms with Crippen molar-refractivity contribution >= 4 is 16.8 Å². The number of hydrogen-bond acceptors (Lipinski definition) is 4. The van der Waals surface area contributed by atoms with Gasteiger partial charge >= 0.3 is 0 Å². The Balaban J connectivity index is 1.39. The summed E-state index contributed by atoms with van der Waals surface area (Å²) in [7, 11) is 0. The largest absolute Gasteiger partial charge is 0.357 e. The molecule has 180 valence electrons. The molecule has 3 aromatic heterocycles. The van der Waals surface area contributed by atoms with Crippen LogP contribution in [-0.4, -0.2) is 25.4 Å². The van der Waals surface area contributed by atoms with E-state index in [9.17, 15) is 9.59 Å². The van der Waals surface area contributed by atoms with E-state index in [4.69, 9.17) is 0 Å². The van der Waals surface area contributed by atoms with E-state index < -0.39 is 0 Å². The minimum Gasteiger partial charge on any atom is -0.357 e. The van der Waals surface area contributed by atoms with Crippen molar-refractivity contribution in [2.75, 3.05) is 0 Å². The van der Waals surface area contributed by atoms with Gasteiger partial charge in [0.15, 0.2) is 0 Å². The van der Waals surface area contributed by atoms with Crippen molar-refractivity contribution < 1.29 is 4.79 Å². The van der Waals surface area contributed by atoms with Crippen LogP contribution in [0, 0.1) is 0 Å². The number of pyridine rings is 1. The molecule has 5 rings (SSSR count). The minimum atomic E-state index is -0.251. The Hall–Kier alpha value is -4.52. The molecule has 2 N–H and O–H groups in total. The summed E-state index contributed by atoms with van der Waals surface area (Å²) in [6.45, 7) is 2.31. The van der Waals surface area contributed by atoms with Crippen LogP contribution < -0.4 is 10.9 Å². The summed E-state index contributed by atoms with van der Waals surface area (Å²) in [6, 6.07) is 23.4. The van der Waals surface area contributed by atoms with Gasteiger partial charge in [-0.25, -0.2) is 0 Å². The average Bonchev–Trinajstić information content (AvgIpc) is 3.34. The zero-order chi connectivity index (χ0) is 24.9. The first-order chi connectivity index (χ1) is 17.6. The number of aromatic amines is 1. The highest BCUT2D eigenvalue weighted by atomic mass is 16.2. The maximum absolute atomic E-state index is 13.6. The summed E-state index contributed by atoms with van der Waals surface area (Å²) in [5.41, 5.74) is 4.62. The molecule has 1 amide bonds. The second kappa shape index (κ2) is 10.4. The molecule has 1 atom stereocenters. The van der Waals surface area contributed by atoms with E-state index in [0.717, 1.165) is 27.7 Å². The average molecular weight is 478 g/mol. The maximum Gasteiger partial charge on any atom is 0.273 e. The number of aromatic nitrogens is 4. The molecule has 0 fully saturated rings. The molecule has 0 bridgehead atoms. The SMILES string of the molecule is C[C@H](Cc1ncc(-c2ccccc2)n(CC(=O)NCc2cc3cnccc3[nH]2)c1=O)c1ccccc1. The van der Waals surface area contributed by atoms with Gasteiger partial charge in [-0.3, -0.25) is 24.1 Å². The van der Waals surface area contributed by atoms with E-state index in [-0.39, 0.29) is 23.9 Å². The zero-order valence-electron chi connectivity index (χ0n) is 20.0. The van der Waals surface area contributed by atoms with Crippen LogP contribution in [0.4, 0.5) is 0 Å². The lowest BCUT2D eigenvalue weighted by Crippen LogP contribution is -2.35. The minimum absolute atomic E-state index is 0.0971. The molecule has 2 aromatic carbocycles. The smallest absolute Gasteiger partial charge is 0.273 e. The topological polar surface area (TPSA) is 92.7 Å². The lowest BCUT2D eigenvalue weighted by molar-refractivity contribution is -0.121. The molecule has 0 saturated heterocycles. The first-order valence-electron chi connectivity index (χ1n) is 12.0. The summed E-state index contributed by atoms with van der Waals surface area (Å²) in [6.07, 6.45) is 5.68. The molecule has 0 saturated carbocycles. The third kappa shape index (κ3) is 5.10. The van der Waals surface area contributed by atoms with E-state index in [2.05, 4.69) is 39.3 Å². The highest BCUT2D eigenvalue weighted by Gasteiger charge is 2.17. The predicted octanol–water partition coefficient (Wildman–Crippen LogP) is 4.45. The van der Waals surface area contributed by atoms with E-state index >= 15 is 0 Å². The van der Waals surface area contributed by atoms with Gasteiger partial charge in [0, 0.05) is 35.4 Å². The second-order valence-electron chi connectivity index (χ2n) is 8.90. The molecule has 0 aliphatic rings. The number of carbonyl (C=O) groups is 1. The van der Waals surface area contributed by atoms with Crippen LogP contribution in [0.25, 0.3) is 22.2 Å². The third-order valence-electron chi connectivity index (χ3n) is 6.32. The van der Waals surface area contributed by atoms with Gasteiger partial charge in [-0.15, -0.1) is 0 Å². The fourth-order valence-electron chi connectivity index (χ4n) is 4.38. The fraction of sp³-hybridized carbons (Fsp3) is 0.172. The van der Waals surface area contributed by atoms with Crippen LogP contribution >= 0.6 is 0 Å². The van der Waals surface area contributed by atoms with Crippen molar-refractivity contribution in [1.82, 2.24) is 24.8 Å². The van der Waals surface area contributed by atoms with Crippen LogP contribution in [0.15, 0.2) is 96.2 Å². The van der Waals surface area contributed by atoms with Gasteiger partial charge in [0.25, 0.3) is 5.56 Å². The van der Waals surface area contributed by atoms with Gasteiger partial charge in [-0.05, 0) is 29.2 Å². The third-order valence-corrected chi connectivity index (χ3v) is 6.32. The Morgan fingerprint density at radius 1 is 1.03 bits per heavy atom. The van der Waals surface area contributed by atoms with E-state index in [1.807, 2.05) is 60.7 Å². The molecule has 0 radical (unpaired) electrons. The first kappa shape index (κ1) is 23.2. The number of rotatable bonds is 8. The van der Waals surface area contributed by atoms with Crippen molar-refractivity contribution in [1.29, 1.82) is 0 Å². The van der Waals surface area contributed by atoms with Crippen LogP contribution in [0.2, 0.25) is 0 Å². The predicted molar refractivity (Wildman–Crippen MR) is 140 cm³/mol. The number of H-pyrrole nitrogens is 1. The number of nitrogens with one attached hydrogen (secondary N) is 2. The molecule has 36 heavy (non-hydrogen) atoms. The van der Waals surface area contributed by atoms with E-state index in [1.54, 1.807) is 18.6 Å².